The molecule has 10 heteroatoms. The van der Waals surface area contributed by atoms with Crippen molar-refractivity contribution in [1.29, 1.82) is 0 Å². The number of nitrogens with zero attached hydrogens (tertiary/aromatic N) is 3. The van der Waals surface area contributed by atoms with E-state index < -0.39 is 17.1 Å². The SMILES string of the molecule is Cc1sc2nc(CSC(C)C(=O)NC(c3ccccc3F)c3nccn3C)[nH]c(=O)c2c1C. The number of nitrogens with one attached hydrogen (secondary N) is 2. The number of imidazole rings is 1. The van der Waals surface area contributed by atoms with Crippen LogP contribution in [0.5, 0.6) is 0 Å². The van der Waals surface area contributed by atoms with E-state index in [1.54, 1.807) is 49.1 Å². The van der Waals surface area contributed by atoms with E-state index in [2.05, 4.69) is 20.3 Å². The van der Waals surface area contributed by atoms with E-state index in [-0.39, 0.29) is 11.5 Å². The Morgan fingerprint density at radius 3 is 2.79 bits per heavy atom. The van der Waals surface area contributed by atoms with Gasteiger partial charge in [0.1, 0.15) is 28.3 Å². The number of carbonyl (C=O) groups is 1. The van der Waals surface area contributed by atoms with Crippen molar-refractivity contribution >= 4 is 39.2 Å². The topological polar surface area (TPSA) is 92.7 Å². The first-order valence-electron chi connectivity index (χ1n) is 10.4. The van der Waals surface area contributed by atoms with Gasteiger partial charge in [-0.3, -0.25) is 9.59 Å². The lowest BCUT2D eigenvalue weighted by atomic mass is 10.1. The number of hydrogen-bond donors (Lipinski definition) is 2. The number of aryl methyl sites for hydroxylation is 3. The molecule has 7 nitrogen and oxygen atoms in total. The molecular weight excluding hydrogens is 461 g/mol. The number of thioether (sulfide) groups is 1. The third kappa shape index (κ3) is 4.72. The van der Waals surface area contributed by atoms with Crippen molar-refractivity contribution in [3.05, 3.63) is 80.5 Å². The van der Waals surface area contributed by atoms with Crippen molar-refractivity contribution in [3.63, 3.8) is 0 Å². The van der Waals surface area contributed by atoms with Gasteiger partial charge in [-0.25, -0.2) is 14.4 Å². The average Bonchev–Trinajstić information content (AvgIpc) is 3.33. The van der Waals surface area contributed by atoms with Gasteiger partial charge in [0, 0.05) is 29.9 Å². The van der Waals surface area contributed by atoms with E-state index in [9.17, 15) is 14.0 Å². The van der Waals surface area contributed by atoms with Gasteiger partial charge in [-0.05, 0) is 32.4 Å². The number of thiophene rings is 1. The summed E-state index contributed by atoms with van der Waals surface area (Å²) in [4.78, 5) is 39.0. The summed E-state index contributed by atoms with van der Waals surface area (Å²) in [6.07, 6.45) is 3.36. The standard InChI is InChI=1S/C23H24FN5O2S2/c1-12-13(2)33-23-18(12)22(31)26-17(27-23)11-32-14(3)21(30)28-19(20-25-9-10-29(20)4)15-7-5-6-8-16(15)24/h5-10,14,19H,11H2,1-4H3,(H,28,30)(H,26,27,31). The van der Waals surface area contributed by atoms with E-state index in [1.807, 2.05) is 13.8 Å². The van der Waals surface area contributed by atoms with E-state index >= 15 is 0 Å². The minimum Gasteiger partial charge on any atom is -0.341 e. The zero-order valence-electron chi connectivity index (χ0n) is 18.7. The first kappa shape index (κ1) is 23.2. The average molecular weight is 486 g/mol. The largest absolute Gasteiger partial charge is 0.341 e. The Morgan fingerprint density at radius 1 is 1.33 bits per heavy atom. The fourth-order valence-corrected chi connectivity index (χ4v) is 5.37. The maximum Gasteiger partial charge on any atom is 0.259 e. The number of aromatic amines is 1. The lowest BCUT2D eigenvalue weighted by Gasteiger charge is -2.21. The number of amides is 1. The van der Waals surface area contributed by atoms with Crippen LogP contribution in [0.25, 0.3) is 10.2 Å². The first-order valence-corrected chi connectivity index (χ1v) is 12.2. The van der Waals surface area contributed by atoms with Gasteiger partial charge < -0.3 is 14.9 Å². The highest BCUT2D eigenvalue weighted by atomic mass is 32.2. The highest BCUT2D eigenvalue weighted by molar-refractivity contribution is 7.99. The predicted octanol–water partition coefficient (Wildman–Crippen LogP) is 4.00. The lowest BCUT2D eigenvalue weighted by Crippen LogP contribution is -2.36. The second kappa shape index (κ2) is 9.48. The number of aromatic nitrogens is 4. The maximum atomic E-state index is 14.5. The second-order valence-electron chi connectivity index (χ2n) is 7.79. The summed E-state index contributed by atoms with van der Waals surface area (Å²) in [6, 6.07) is 5.61. The molecule has 0 fully saturated rings. The molecule has 2 atom stereocenters. The van der Waals surface area contributed by atoms with Gasteiger partial charge in [-0.2, -0.15) is 0 Å². The van der Waals surface area contributed by atoms with Crippen LogP contribution in [0.3, 0.4) is 0 Å². The van der Waals surface area contributed by atoms with Gasteiger partial charge >= 0.3 is 0 Å². The minimum atomic E-state index is -0.729. The summed E-state index contributed by atoms with van der Waals surface area (Å²) in [7, 11) is 1.80. The third-order valence-corrected chi connectivity index (χ3v) is 7.80. The molecule has 4 rings (SSSR count). The van der Waals surface area contributed by atoms with Crippen LogP contribution in [0, 0.1) is 19.7 Å². The number of fused-ring (bicyclic) bond motifs is 1. The number of carbonyl (C=O) groups excluding carboxylic acids is 1. The van der Waals surface area contributed by atoms with E-state index in [1.165, 1.54) is 29.2 Å². The molecule has 1 aromatic carbocycles. The zero-order valence-corrected chi connectivity index (χ0v) is 20.3. The van der Waals surface area contributed by atoms with Crippen molar-refractivity contribution < 1.29 is 9.18 Å². The van der Waals surface area contributed by atoms with Crippen molar-refractivity contribution in [2.24, 2.45) is 7.05 Å². The highest BCUT2D eigenvalue weighted by Gasteiger charge is 2.26. The van der Waals surface area contributed by atoms with Crippen LogP contribution < -0.4 is 10.9 Å². The normalized spacial score (nSPS) is 13.2. The molecule has 0 saturated heterocycles. The fraction of sp³-hybridized carbons (Fsp3) is 0.304. The van der Waals surface area contributed by atoms with Crippen LogP contribution in [0.2, 0.25) is 0 Å². The van der Waals surface area contributed by atoms with Crippen LogP contribution in [0.15, 0.2) is 41.5 Å². The summed E-state index contributed by atoms with van der Waals surface area (Å²) in [5, 5.41) is 3.09. The molecule has 3 aromatic heterocycles. The number of rotatable bonds is 7. The number of benzene rings is 1. The fourth-order valence-electron chi connectivity index (χ4n) is 3.55. The quantitative estimate of drug-likeness (QED) is 0.413. The molecule has 33 heavy (non-hydrogen) atoms. The molecule has 0 aliphatic heterocycles. The molecule has 0 saturated carbocycles. The monoisotopic (exact) mass is 485 g/mol. The van der Waals surface area contributed by atoms with Crippen LogP contribution in [-0.2, 0) is 17.6 Å². The van der Waals surface area contributed by atoms with Gasteiger partial charge in [0.25, 0.3) is 5.56 Å². The molecule has 172 valence electrons. The van der Waals surface area contributed by atoms with Gasteiger partial charge in [0.15, 0.2) is 0 Å². The number of H-pyrrole nitrogens is 1. The molecule has 0 spiro atoms. The van der Waals surface area contributed by atoms with E-state index in [0.29, 0.717) is 33.2 Å². The van der Waals surface area contributed by atoms with Crippen molar-refractivity contribution in [2.45, 2.75) is 37.8 Å². The molecule has 0 radical (unpaired) electrons. The molecule has 2 N–H and O–H groups in total. The summed E-state index contributed by atoms with van der Waals surface area (Å²) in [5.74, 6) is 0.742. The highest BCUT2D eigenvalue weighted by Crippen LogP contribution is 2.27. The molecule has 2 unspecified atom stereocenters. The molecule has 0 aliphatic rings. The Labute approximate surface area is 198 Å². The van der Waals surface area contributed by atoms with Crippen LogP contribution in [-0.4, -0.2) is 30.7 Å². The van der Waals surface area contributed by atoms with Crippen molar-refractivity contribution in [1.82, 2.24) is 24.8 Å². The number of halogens is 1. The van der Waals surface area contributed by atoms with E-state index in [4.69, 9.17) is 0 Å². The molecule has 0 aliphatic carbocycles. The molecule has 0 bridgehead atoms. The van der Waals surface area contributed by atoms with Crippen LogP contribution in [0.1, 0.15) is 40.6 Å². The van der Waals surface area contributed by atoms with Crippen LogP contribution in [0.4, 0.5) is 4.39 Å². The van der Waals surface area contributed by atoms with Gasteiger partial charge in [0.05, 0.1) is 16.4 Å². The Hall–Kier alpha value is -2.98. The third-order valence-electron chi connectivity index (χ3n) is 5.55. The smallest absolute Gasteiger partial charge is 0.259 e. The maximum absolute atomic E-state index is 14.5. The summed E-state index contributed by atoms with van der Waals surface area (Å²) in [6.45, 7) is 5.65. The Morgan fingerprint density at radius 2 is 2.09 bits per heavy atom. The van der Waals surface area contributed by atoms with Gasteiger partial charge in [-0.15, -0.1) is 23.1 Å². The summed E-state index contributed by atoms with van der Waals surface area (Å²) < 4.78 is 16.3. The van der Waals surface area contributed by atoms with Crippen molar-refractivity contribution in [2.75, 3.05) is 0 Å². The van der Waals surface area contributed by atoms with Crippen molar-refractivity contribution in [3.8, 4) is 0 Å². The second-order valence-corrected chi connectivity index (χ2v) is 10.3. The zero-order chi connectivity index (χ0) is 23.7. The first-order chi connectivity index (χ1) is 15.8. The minimum absolute atomic E-state index is 0.163. The number of hydrogen-bond acceptors (Lipinski definition) is 6. The van der Waals surface area contributed by atoms with Gasteiger partial charge in [0.2, 0.25) is 5.91 Å². The molecule has 1 amide bonds. The predicted molar refractivity (Wildman–Crippen MR) is 130 cm³/mol. The Balaban J connectivity index is 1.50. The Kier molecular flexibility index (Phi) is 6.66. The lowest BCUT2D eigenvalue weighted by molar-refractivity contribution is -0.120. The van der Waals surface area contributed by atoms with E-state index in [0.717, 1.165) is 10.4 Å². The van der Waals surface area contributed by atoms with Crippen LogP contribution >= 0.6 is 23.1 Å². The summed E-state index contributed by atoms with van der Waals surface area (Å²) >= 11 is 2.84. The molecule has 4 aromatic rings. The van der Waals surface area contributed by atoms with Gasteiger partial charge in [-0.1, -0.05) is 18.2 Å². The summed E-state index contributed by atoms with van der Waals surface area (Å²) in [5.41, 5.74) is 1.13. The Bertz CT molecular complexity index is 1380. The molecule has 3 heterocycles. The molecular formula is C23H24FN5O2S2.